The van der Waals surface area contributed by atoms with Crippen LogP contribution in [0.3, 0.4) is 0 Å². The summed E-state index contributed by atoms with van der Waals surface area (Å²) in [6.45, 7) is 0. The number of hydrogen-bond donors (Lipinski definition) is 1. The van der Waals surface area contributed by atoms with E-state index < -0.39 is 0 Å². The van der Waals surface area contributed by atoms with Crippen molar-refractivity contribution in [3.05, 3.63) is 60.9 Å². The number of nitrogens with zero attached hydrogens (tertiary/aromatic N) is 5. The second-order valence-electron chi connectivity index (χ2n) is 5.86. The zero-order chi connectivity index (χ0) is 17.5. The molecule has 1 N–H and O–H groups in total. The van der Waals surface area contributed by atoms with Gasteiger partial charge in [0.05, 0.1) is 18.3 Å². The van der Waals surface area contributed by atoms with Gasteiger partial charge in [0.1, 0.15) is 17.8 Å². The number of H-pyrrole nitrogens is 1. The average Bonchev–Trinajstić information content (AvgIpc) is 3.35. The fourth-order valence-electron chi connectivity index (χ4n) is 2.94. The molecule has 126 valence electrons. The highest BCUT2D eigenvalue weighted by Gasteiger charge is 2.13. The molecule has 0 atom stereocenters. The minimum absolute atomic E-state index is 0.579. The van der Waals surface area contributed by atoms with Gasteiger partial charge in [-0.1, -0.05) is 12.1 Å². The number of para-hydroxylation sites is 1. The number of rotatable bonds is 3. The van der Waals surface area contributed by atoms with Gasteiger partial charge in [-0.3, -0.25) is 5.10 Å². The highest BCUT2D eigenvalue weighted by molar-refractivity contribution is 5.91. The largest absolute Gasteiger partial charge is 0.497 e. The lowest BCUT2D eigenvalue weighted by Gasteiger charge is -1.99. The van der Waals surface area contributed by atoms with Crippen molar-refractivity contribution in [2.24, 2.45) is 0 Å². The Morgan fingerprint density at radius 1 is 1.04 bits per heavy atom. The van der Waals surface area contributed by atoms with Crippen LogP contribution in [0, 0.1) is 0 Å². The molecule has 0 spiro atoms. The third-order valence-electron chi connectivity index (χ3n) is 4.29. The monoisotopic (exact) mass is 342 g/mol. The zero-order valence-electron chi connectivity index (χ0n) is 13.9. The summed E-state index contributed by atoms with van der Waals surface area (Å²) in [6, 6.07) is 17.6. The predicted octanol–water partition coefficient (Wildman–Crippen LogP) is 3.34. The first-order valence-electron chi connectivity index (χ1n) is 8.12. The Kier molecular flexibility index (Phi) is 3.18. The van der Waals surface area contributed by atoms with Crippen molar-refractivity contribution in [3.8, 4) is 28.5 Å². The van der Waals surface area contributed by atoms with Crippen LogP contribution >= 0.6 is 0 Å². The molecule has 0 bridgehead atoms. The molecule has 0 aliphatic heterocycles. The lowest BCUT2D eigenvalue weighted by Crippen LogP contribution is -1.90. The SMILES string of the molecule is COc1ccc(-c2cc(-c3nc4c5ccccc5ncn4n3)[nH]n2)cc1. The van der Waals surface area contributed by atoms with E-state index in [9.17, 15) is 0 Å². The minimum atomic E-state index is 0.579. The van der Waals surface area contributed by atoms with Crippen LogP contribution in [0.5, 0.6) is 5.75 Å². The summed E-state index contributed by atoms with van der Waals surface area (Å²) in [7, 11) is 1.65. The highest BCUT2D eigenvalue weighted by atomic mass is 16.5. The second-order valence-corrected chi connectivity index (χ2v) is 5.86. The van der Waals surface area contributed by atoms with E-state index in [1.54, 1.807) is 18.0 Å². The third kappa shape index (κ3) is 2.29. The predicted molar refractivity (Wildman–Crippen MR) is 97.9 cm³/mol. The number of aromatic nitrogens is 6. The summed E-state index contributed by atoms with van der Waals surface area (Å²) in [5.41, 5.74) is 4.23. The van der Waals surface area contributed by atoms with Gasteiger partial charge in [-0.2, -0.15) is 5.10 Å². The maximum Gasteiger partial charge on any atom is 0.200 e. The van der Waals surface area contributed by atoms with Gasteiger partial charge in [-0.25, -0.2) is 14.5 Å². The van der Waals surface area contributed by atoms with Gasteiger partial charge in [-0.15, -0.1) is 5.10 Å². The van der Waals surface area contributed by atoms with Gasteiger partial charge < -0.3 is 4.74 Å². The van der Waals surface area contributed by atoms with Gasteiger partial charge in [0.2, 0.25) is 0 Å². The second kappa shape index (κ2) is 5.66. The normalized spacial score (nSPS) is 11.3. The van der Waals surface area contributed by atoms with Crippen LogP contribution < -0.4 is 4.74 Å². The molecule has 0 saturated carbocycles. The van der Waals surface area contributed by atoms with Crippen molar-refractivity contribution < 1.29 is 4.74 Å². The molecular formula is C19H14N6O. The number of nitrogens with one attached hydrogen (secondary N) is 1. The first-order valence-corrected chi connectivity index (χ1v) is 8.12. The van der Waals surface area contributed by atoms with Gasteiger partial charge in [0.25, 0.3) is 0 Å². The van der Waals surface area contributed by atoms with Crippen LogP contribution in [0.1, 0.15) is 0 Å². The maximum atomic E-state index is 5.19. The molecule has 3 aromatic heterocycles. The van der Waals surface area contributed by atoms with E-state index >= 15 is 0 Å². The zero-order valence-corrected chi connectivity index (χ0v) is 13.9. The van der Waals surface area contributed by atoms with Gasteiger partial charge in [0.15, 0.2) is 11.5 Å². The van der Waals surface area contributed by atoms with Crippen LogP contribution in [0.4, 0.5) is 0 Å². The van der Waals surface area contributed by atoms with Crippen molar-refractivity contribution in [3.63, 3.8) is 0 Å². The summed E-state index contributed by atoms with van der Waals surface area (Å²) in [5, 5.41) is 12.9. The van der Waals surface area contributed by atoms with E-state index in [-0.39, 0.29) is 0 Å². The fourth-order valence-corrected chi connectivity index (χ4v) is 2.94. The molecule has 5 rings (SSSR count). The van der Waals surface area contributed by atoms with Crippen molar-refractivity contribution in [2.45, 2.75) is 0 Å². The molecule has 0 fully saturated rings. The number of benzene rings is 2. The Morgan fingerprint density at radius 3 is 2.73 bits per heavy atom. The summed E-state index contributed by atoms with van der Waals surface area (Å²) in [6.07, 6.45) is 1.68. The van der Waals surface area contributed by atoms with Gasteiger partial charge >= 0.3 is 0 Å². The Labute approximate surface area is 148 Å². The number of ether oxygens (including phenoxy) is 1. The lowest BCUT2D eigenvalue weighted by atomic mass is 10.1. The quantitative estimate of drug-likeness (QED) is 0.544. The summed E-state index contributed by atoms with van der Waals surface area (Å²) in [4.78, 5) is 9.07. The van der Waals surface area contributed by atoms with Crippen LogP contribution in [0.25, 0.3) is 39.3 Å². The molecule has 0 saturated heterocycles. The molecule has 7 heteroatoms. The maximum absolute atomic E-state index is 5.19. The van der Waals surface area contributed by atoms with Crippen molar-refractivity contribution >= 4 is 16.6 Å². The summed E-state index contributed by atoms with van der Waals surface area (Å²) < 4.78 is 6.88. The first-order chi connectivity index (χ1) is 12.8. The van der Waals surface area contributed by atoms with Crippen LogP contribution in [0.2, 0.25) is 0 Å². The van der Waals surface area contributed by atoms with E-state index in [4.69, 9.17) is 4.74 Å². The topological polar surface area (TPSA) is 81.0 Å². The lowest BCUT2D eigenvalue weighted by molar-refractivity contribution is 0.415. The Morgan fingerprint density at radius 2 is 1.88 bits per heavy atom. The number of aromatic amines is 1. The molecule has 0 unspecified atom stereocenters. The molecule has 3 heterocycles. The average molecular weight is 342 g/mol. The fraction of sp³-hybridized carbons (Fsp3) is 0.0526. The first kappa shape index (κ1) is 14.6. The molecule has 2 aromatic carbocycles. The van der Waals surface area contributed by atoms with E-state index in [2.05, 4.69) is 25.3 Å². The molecule has 0 amide bonds. The smallest absolute Gasteiger partial charge is 0.200 e. The molecular weight excluding hydrogens is 328 g/mol. The van der Waals surface area contributed by atoms with Crippen molar-refractivity contribution in [1.82, 2.24) is 29.8 Å². The van der Waals surface area contributed by atoms with Crippen LogP contribution in [-0.2, 0) is 0 Å². The number of fused-ring (bicyclic) bond motifs is 3. The molecule has 0 aliphatic carbocycles. The van der Waals surface area contributed by atoms with Gasteiger partial charge in [-0.05, 0) is 42.5 Å². The van der Waals surface area contributed by atoms with E-state index in [1.165, 1.54) is 0 Å². The Balaban J connectivity index is 1.57. The van der Waals surface area contributed by atoms with Crippen LogP contribution in [0.15, 0.2) is 60.9 Å². The van der Waals surface area contributed by atoms with Gasteiger partial charge in [0, 0.05) is 10.9 Å². The Hall–Kier alpha value is -3.74. The minimum Gasteiger partial charge on any atom is -0.497 e. The third-order valence-corrected chi connectivity index (χ3v) is 4.29. The van der Waals surface area contributed by atoms with E-state index in [0.29, 0.717) is 5.82 Å². The van der Waals surface area contributed by atoms with E-state index in [0.717, 1.165) is 39.3 Å². The summed E-state index contributed by atoms with van der Waals surface area (Å²) in [5.74, 6) is 1.39. The molecule has 0 radical (unpaired) electrons. The highest BCUT2D eigenvalue weighted by Crippen LogP contribution is 2.25. The molecule has 26 heavy (non-hydrogen) atoms. The molecule has 0 aliphatic rings. The summed E-state index contributed by atoms with van der Waals surface area (Å²) >= 11 is 0. The molecule has 5 aromatic rings. The number of hydrogen-bond acceptors (Lipinski definition) is 5. The standard InChI is InChI=1S/C19H14N6O/c1-26-13-8-6-12(7-9-13)16-10-17(23-22-16)18-21-19-14-4-2-3-5-15(14)20-11-25(19)24-18/h2-11H,1H3,(H,22,23). The Bertz CT molecular complexity index is 1220. The number of methoxy groups -OCH3 is 1. The van der Waals surface area contributed by atoms with Crippen molar-refractivity contribution in [1.29, 1.82) is 0 Å². The van der Waals surface area contributed by atoms with Crippen LogP contribution in [-0.4, -0.2) is 36.9 Å². The molecule has 7 nitrogen and oxygen atoms in total. The van der Waals surface area contributed by atoms with E-state index in [1.807, 2.05) is 54.6 Å². The van der Waals surface area contributed by atoms with Crippen molar-refractivity contribution in [2.75, 3.05) is 7.11 Å².